The van der Waals surface area contributed by atoms with Crippen molar-refractivity contribution < 1.29 is 14.3 Å². The highest BCUT2D eigenvalue weighted by atomic mass is 35.5. The Kier molecular flexibility index (Phi) is 6.76. The van der Waals surface area contributed by atoms with Crippen molar-refractivity contribution >= 4 is 23.4 Å². The predicted molar refractivity (Wildman–Crippen MR) is 125 cm³/mol. The number of likely N-dealkylation sites (tertiary alicyclic amines) is 1. The van der Waals surface area contributed by atoms with Crippen LogP contribution in [0.5, 0.6) is 5.75 Å². The number of rotatable bonds is 6. The lowest BCUT2D eigenvalue weighted by Crippen LogP contribution is -2.35. The number of amides is 2. The lowest BCUT2D eigenvalue weighted by Gasteiger charge is -2.18. The first-order valence-corrected chi connectivity index (χ1v) is 10.9. The molecule has 2 atom stereocenters. The zero-order valence-electron chi connectivity index (χ0n) is 17.8. The zero-order valence-corrected chi connectivity index (χ0v) is 18.6. The van der Waals surface area contributed by atoms with Gasteiger partial charge in [0.15, 0.2) is 0 Å². The van der Waals surface area contributed by atoms with E-state index in [2.05, 4.69) is 5.32 Å². The summed E-state index contributed by atoms with van der Waals surface area (Å²) >= 11 is 6.26. The average Bonchev–Trinajstić information content (AvgIpc) is 3.29. The van der Waals surface area contributed by atoms with Crippen molar-refractivity contribution in [2.24, 2.45) is 5.92 Å². The number of hydrogen-bond donors (Lipinski definition) is 1. The molecule has 0 radical (unpaired) electrons. The number of nitrogens with zero attached hydrogens (tertiary/aromatic N) is 1. The van der Waals surface area contributed by atoms with Crippen LogP contribution in [0.1, 0.15) is 27.4 Å². The van der Waals surface area contributed by atoms with Crippen LogP contribution in [0.4, 0.5) is 0 Å². The Bertz CT molecular complexity index is 1090. The molecule has 3 aromatic carbocycles. The molecule has 164 valence electrons. The van der Waals surface area contributed by atoms with Crippen molar-refractivity contribution in [3.05, 3.63) is 101 Å². The topological polar surface area (TPSA) is 58.6 Å². The fraction of sp³-hybridized carbons (Fsp3) is 0.231. The molecule has 1 heterocycles. The number of halogens is 1. The summed E-state index contributed by atoms with van der Waals surface area (Å²) in [6.45, 7) is 1.23. The molecule has 3 aromatic rings. The quantitative estimate of drug-likeness (QED) is 0.603. The van der Waals surface area contributed by atoms with Gasteiger partial charge in [0.05, 0.1) is 23.6 Å². The van der Waals surface area contributed by atoms with Crippen molar-refractivity contribution in [1.82, 2.24) is 10.2 Å². The minimum Gasteiger partial charge on any atom is -0.497 e. The lowest BCUT2D eigenvalue weighted by molar-refractivity contribution is -0.125. The van der Waals surface area contributed by atoms with E-state index in [-0.39, 0.29) is 23.7 Å². The second kappa shape index (κ2) is 9.88. The fourth-order valence-corrected chi connectivity index (χ4v) is 4.36. The summed E-state index contributed by atoms with van der Waals surface area (Å²) < 4.78 is 5.27. The van der Waals surface area contributed by atoms with E-state index in [1.807, 2.05) is 54.6 Å². The monoisotopic (exact) mass is 448 g/mol. The molecule has 1 saturated heterocycles. The normalized spacial score (nSPS) is 17.8. The summed E-state index contributed by atoms with van der Waals surface area (Å²) in [6.07, 6.45) is 0. The van der Waals surface area contributed by atoms with Gasteiger partial charge in [-0.2, -0.15) is 0 Å². The van der Waals surface area contributed by atoms with Gasteiger partial charge in [0.2, 0.25) is 5.91 Å². The summed E-state index contributed by atoms with van der Waals surface area (Å²) in [5, 5.41) is 3.46. The largest absolute Gasteiger partial charge is 0.497 e. The van der Waals surface area contributed by atoms with E-state index in [0.717, 1.165) is 16.9 Å². The van der Waals surface area contributed by atoms with Crippen molar-refractivity contribution in [2.75, 3.05) is 20.2 Å². The van der Waals surface area contributed by atoms with Crippen LogP contribution in [-0.2, 0) is 11.3 Å². The number of nitrogens with one attached hydrogen (secondary N) is 1. The Morgan fingerprint density at radius 2 is 1.66 bits per heavy atom. The van der Waals surface area contributed by atoms with E-state index in [9.17, 15) is 9.59 Å². The summed E-state index contributed by atoms with van der Waals surface area (Å²) in [4.78, 5) is 28.1. The number of carbonyl (C=O) groups excluding carboxylic acids is 2. The summed E-state index contributed by atoms with van der Waals surface area (Å²) in [6, 6.07) is 24.5. The van der Waals surface area contributed by atoms with Gasteiger partial charge >= 0.3 is 0 Å². The molecule has 1 N–H and O–H groups in total. The second-order valence-electron chi connectivity index (χ2n) is 7.88. The van der Waals surface area contributed by atoms with Gasteiger partial charge in [-0.25, -0.2) is 0 Å². The minimum absolute atomic E-state index is 0.0656. The van der Waals surface area contributed by atoms with E-state index in [4.69, 9.17) is 16.3 Å². The summed E-state index contributed by atoms with van der Waals surface area (Å²) in [5.74, 6) is 0.0408. The molecule has 0 spiro atoms. The molecular weight excluding hydrogens is 424 g/mol. The van der Waals surface area contributed by atoms with Crippen LogP contribution in [0.25, 0.3) is 0 Å². The molecule has 2 unspecified atom stereocenters. The summed E-state index contributed by atoms with van der Waals surface area (Å²) in [7, 11) is 1.62. The van der Waals surface area contributed by atoms with Gasteiger partial charge in [-0.05, 0) is 35.4 Å². The van der Waals surface area contributed by atoms with Crippen molar-refractivity contribution in [3.8, 4) is 5.75 Å². The van der Waals surface area contributed by atoms with Gasteiger partial charge in [-0.15, -0.1) is 0 Å². The van der Waals surface area contributed by atoms with Crippen molar-refractivity contribution in [2.45, 2.75) is 12.5 Å². The molecule has 6 heteroatoms. The van der Waals surface area contributed by atoms with Crippen LogP contribution < -0.4 is 10.1 Å². The molecular formula is C26H25ClN2O3. The first-order chi connectivity index (χ1) is 15.6. The van der Waals surface area contributed by atoms with E-state index in [1.165, 1.54) is 0 Å². The standard InChI is InChI=1S/C26H25ClN2O3/c1-32-20-13-11-19(12-14-20)22-16-29(26(31)21-9-5-6-10-24(21)27)17-23(22)25(30)28-15-18-7-3-2-4-8-18/h2-14,22-23H,15-17H2,1H3,(H,28,30). The highest BCUT2D eigenvalue weighted by molar-refractivity contribution is 6.33. The lowest BCUT2D eigenvalue weighted by atomic mass is 9.88. The Labute approximate surface area is 193 Å². The van der Waals surface area contributed by atoms with Gasteiger partial charge in [-0.1, -0.05) is 66.2 Å². The van der Waals surface area contributed by atoms with Gasteiger partial charge in [0.25, 0.3) is 5.91 Å². The number of ether oxygens (including phenoxy) is 1. The number of methoxy groups -OCH3 is 1. The predicted octanol–water partition coefficient (Wildman–Crippen LogP) is 4.52. The summed E-state index contributed by atoms with van der Waals surface area (Å²) in [5.41, 5.74) is 2.48. The third-order valence-electron chi connectivity index (χ3n) is 5.90. The highest BCUT2D eigenvalue weighted by Crippen LogP contribution is 2.35. The Morgan fingerprint density at radius 3 is 2.34 bits per heavy atom. The maximum atomic E-state index is 13.2. The highest BCUT2D eigenvalue weighted by Gasteiger charge is 2.40. The SMILES string of the molecule is COc1ccc(C2CN(C(=O)c3ccccc3Cl)CC2C(=O)NCc2ccccc2)cc1. The van der Waals surface area contributed by atoms with Gasteiger partial charge in [0.1, 0.15) is 5.75 Å². The first kappa shape index (κ1) is 21.9. The Balaban J connectivity index is 1.56. The van der Waals surface area contributed by atoms with Gasteiger partial charge in [0, 0.05) is 25.6 Å². The van der Waals surface area contributed by atoms with Crippen LogP contribution in [0.15, 0.2) is 78.9 Å². The van der Waals surface area contributed by atoms with E-state index >= 15 is 0 Å². The Hall–Kier alpha value is -3.31. The number of benzene rings is 3. The number of carbonyl (C=O) groups is 2. The van der Waals surface area contributed by atoms with Gasteiger partial charge < -0.3 is 15.0 Å². The third kappa shape index (κ3) is 4.78. The third-order valence-corrected chi connectivity index (χ3v) is 6.23. The molecule has 1 fully saturated rings. The van der Waals surface area contributed by atoms with E-state index < -0.39 is 0 Å². The molecule has 1 aliphatic rings. The first-order valence-electron chi connectivity index (χ1n) is 10.6. The Morgan fingerprint density at radius 1 is 0.969 bits per heavy atom. The van der Waals surface area contributed by atoms with Gasteiger partial charge in [-0.3, -0.25) is 9.59 Å². The number of hydrogen-bond acceptors (Lipinski definition) is 3. The molecule has 0 bridgehead atoms. The van der Waals surface area contributed by atoms with E-state index in [0.29, 0.717) is 30.2 Å². The van der Waals surface area contributed by atoms with Crippen molar-refractivity contribution in [1.29, 1.82) is 0 Å². The second-order valence-corrected chi connectivity index (χ2v) is 8.29. The molecule has 5 nitrogen and oxygen atoms in total. The van der Waals surface area contributed by atoms with Crippen LogP contribution in [-0.4, -0.2) is 36.9 Å². The molecule has 0 aliphatic carbocycles. The fourth-order valence-electron chi connectivity index (χ4n) is 4.15. The van der Waals surface area contributed by atoms with Crippen molar-refractivity contribution in [3.63, 3.8) is 0 Å². The maximum Gasteiger partial charge on any atom is 0.255 e. The molecule has 1 aliphatic heterocycles. The average molecular weight is 449 g/mol. The smallest absolute Gasteiger partial charge is 0.255 e. The minimum atomic E-state index is -0.362. The van der Waals surface area contributed by atoms with Crippen LogP contribution in [0.2, 0.25) is 5.02 Å². The molecule has 2 amide bonds. The zero-order chi connectivity index (χ0) is 22.5. The van der Waals surface area contributed by atoms with E-state index in [1.54, 1.807) is 36.3 Å². The van der Waals surface area contributed by atoms with Crippen LogP contribution >= 0.6 is 11.6 Å². The van der Waals surface area contributed by atoms with Crippen LogP contribution in [0.3, 0.4) is 0 Å². The molecule has 4 rings (SSSR count). The van der Waals surface area contributed by atoms with Crippen LogP contribution in [0, 0.1) is 5.92 Å². The molecule has 0 saturated carbocycles. The molecule has 32 heavy (non-hydrogen) atoms. The maximum absolute atomic E-state index is 13.2. The molecule has 0 aromatic heterocycles.